The van der Waals surface area contributed by atoms with Crippen molar-refractivity contribution in [3.8, 4) is 0 Å². The number of carbonyl (C=O) groups excluding carboxylic acids is 1. The molecular formula is C14H17FN2O2. The number of carbonyl (C=O) groups is 1. The number of hydrogen-bond acceptors (Lipinski definition) is 3. The fourth-order valence-corrected chi connectivity index (χ4v) is 2.86. The number of piperidine rings is 1. The van der Waals surface area contributed by atoms with Crippen molar-refractivity contribution in [2.24, 2.45) is 5.92 Å². The number of pyridine rings is 1. The van der Waals surface area contributed by atoms with Gasteiger partial charge in [0.15, 0.2) is 5.82 Å². The fraction of sp³-hybridized carbons (Fsp3) is 0.571. The molecule has 2 aliphatic rings. The Morgan fingerprint density at radius 2 is 2.32 bits per heavy atom. The van der Waals surface area contributed by atoms with Gasteiger partial charge in [0.25, 0.3) is 5.91 Å². The molecule has 19 heavy (non-hydrogen) atoms. The Morgan fingerprint density at radius 3 is 3.00 bits per heavy atom. The molecule has 4 nitrogen and oxygen atoms in total. The first-order valence-electron chi connectivity index (χ1n) is 6.71. The molecule has 1 saturated carbocycles. The van der Waals surface area contributed by atoms with Crippen LogP contribution in [-0.4, -0.2) is 39.6 Å². The summed E-state index contributed by atoms with van der Waals surface area (Å²) in [4.78, 5) is 17.6. The number of halogens is 1. The molecule has 1 aliphatic carbocycles. The first kappa shape index (κ1) is 12.5. The Balaban J connectivity index is 1.75. The van der Waals surface area contributed by atoms with Gasteiger partial charge in [0.05, 0.1) is 17.4 Å². The van der Waals surface area contributed by atoms with Crippen LogP contribution in [0.5, 0.6) is 0 Å². The van der Waals surface area contributed by atoms with Crippen molar-refractivity contribution in [2.45, 2.75) is 31.3 Å². The largest absolute Gasteiger partial charge is 0.390 e. The van der Waals surface area contributed by atoms with Crippen LogP contribution in [0.25, 0.3) is 0 Å². The Bertz CT molecular complexity index is 502. The van der Waals surface area contributed by atoms with Crippen LogP contribution in [0.3, 0.4) is 0 Å². The van der Waals surface area contributed by atoms with Crippen LogP contribution in [-0.2, 0) is 0 Å². The second-order valence-corrected chi connectivity index (χ2v) is 5.55. The molecule has 2 fully saturated rings. The third kappa shape index (κ3) is 2.34. The maximum atomic E-state index is 13.6. The lowest BCUT2D eigenvalue weighted by atomic mass is 9.90. The Morgan fingerprint density at radius 1 is 1.53 bits per heavy atom. The van der Waals surface area contributed by atoms with Gasteiger partial charge in [-0.25, -0.2) is 4.39 Å². The molecule has 1 saturated heterocycles. The third-order valence-electron chi connectivity index (χ3n) is 4.23. The van der Waals surface area contributed by atoms with Crippen LogP contribution in [0.4, 0.5) is 4.39 Å². The summed E-state index contributed by atoms with van der Waals surface area (Å²) in [6.45, 7) is 1.16. The van der Waals surface area contributed by atoms with Crippen molar-refractivity contribution in [3.63, 3.8) is 0 Å². The molecule has 1 aromatic heterocycles. The highest BCUT2D eigenvalue weighted by Crippen LogP contribution is 2.45. The quantitative estimate of drug-likeness (QED) is 0.882. The summed E-state index contributed by atoms with van der Waals surface area (Å²) in [5.74, 6) is -0.747. The molecule has 3 rings (SSSR count). The normalized spacial score (nSPS) is 25.2. The predicted molar refractivity (Wildman–Crippen MR) is 67.0 cm³/mol. The van der Waals surface area contributed by atoms with Crippen molar-refractivity contribution in [3.05, 3.63) is 29.8 Å². The van der Waals surface area contributed by atoms with Crippen LogP contribution in [0, 0.1) is 11.7 Å². The van der Waals surface area contributed by atoms with Gasteiger partial charge in [0, 0.05) is 25.2 Å². The standard InChI is InChI=1S/C14H17FN2O2/c15-12-8-16-6-3-11(12)13(18)17-7-1-2-10(9-17)14(19)4-5-14/h3,6,8,10,19H,1-2,4-5,7,9H2. The number of hydrogen-bond donors (Lipinski definition) is 1. The number of aromatic nitrogens is 1. The molecule has 5 heteroatoms. The van der Waals surface area contributed by atoms with Gasteiger partial charge in [-0.05, 0) is 31.7 Å². The number of rotatable bonds is 2. The van der Waals surface area contributed by atoms with Crippen molar-refractivity contribution < 1.29 is 14.3 Å². The molecule has 102 valence electrons. The highest BCUT2D eigenvalue weighted by molar-refractivity contribution is 5.94. The monoisotopic (exact) mass is 264 g/mol. The highest BCUT2D eigenvalue weighted by atomic mass is 19.1. The van der Waals surface area contributed by atoms with Crippen molar-refractivity contribution >= 4 is 5.91 Å². The van der Waals surface area contributed by atoms with Gasteiger partial charge in [0.1, 0.15) is 0 Å². The molecule has 1 atom stereocenters. The topological polar surface area (TPSA) is 53.4 Å². The maximum Gasteiger partial charge on any atom is 0.256 e. The Hall–Kier alpha value is -1.49. The average molecular weight is 264 g/mol. The molecule has 1 aromatic rings. The minimum atomic E-state index is -0.584. The van der Waals surface area contributed by atoms with Gasteiger partial charge < -0.3 is 10.0 Å². The van der Waals surface area contributed by atoms with Crippen LogP contribution in [0.1, 0.15) is 36.0 Å². The van der Waals surface area contributed by atoms with E-state index in [2.05, 4.69) is 4.98 Å². The Kier molecular flexibility index (Phi) is 3.01. The molecule has 1 amide bonds. The van der Waals surface area contributed by atoms with E-state index < -0.39 is 11.4 Å². The van der Waals surface area contributed by atoms with E-state index in [9.17, 15) is 14.3 Å². The van der Waals surface area contributed by atoms with Crippen LogP contribution in [0.15, 0.2) is 18.5 Å². The van der Waals surface area contributed by atoms with Gasteiger partial charge in [-0.3, -0.25) is 9.78 Å². The van der Waals surface area contributed by atoms with Gasteiger partial charge in [-0.1, -0.05) is 0 Å². The van der Waals surface area contributed by atoms with Gasteiger partial charge in [-0.2, -0.15) is 0 Å². The minimum Gasteiger partial charge on any atom is -0.390 e. The van der Waals surface area contributed by atoms with E-state index in [-0.39, 0.29) is 17.4 Å². The molecule has 0 aromatic carbocycles. The second kappa shape index (κ2) is 4.56. The summed E-state index contributed by atoms with van der Waals surface area (Å²) >= 11 is 0. The predicted octanol–water partition coefficient (Wildman–Crippen LogP) is 1.60. The molecule has 0 bridgehead atoms. The summed E-state index contributed by atoms with van der Waals surface area (Å²) in [7, 11) is 0. The molecule has 1 unspecified atom stereocenters. The molecule has 1 N–H and O–H groups in total. The average Bonchev–Trinajstić information content (AvgIpc) is 3.18. The second-order valence-electron chi connectivity index (χ2n) is 5.55. The maximum absolute atomic E-state index is 13.6. The smallest absolute Gasteiger partial charge is 0.256 e. The van der Waals surface area contributed by atoms with E-state index in [1.807, 2.05) is 0 Å². The number of amides is 1. The SMILES string of the molecule is O=C(c1ccncc1F)N1CCCC(C2(O)CC2)C1. The fourth-order valence-electron chi connectivity index (χ4n) is 2.86. The molecule has 0 radical (unpaired) electrons. The molecule has 1 aliphatic heterocycles. The lowest BCUT2D eigenvalue weighted by Crippen LogP contribution is -2.44. The lowest BCUT2D eigenvalue weighted by molar-refractivity contribution is 0.0280. The zero-order valence-corrected chi connectivity index (χ0v) is 10.7. The van der Waals surface area contributed by atoms with Crippen molar-refractivity contribution in [1.29, 1.82) is 0 Å². The van der Waals surface area contributed by atoms with E-state index >= 15 is 0 Å². The molecule has 2 heterocycles. The summed E-state index contributed by atoms with van der Waals surface area (Å²) < 4.78 is 13.6. The zero-order chi connectivity index (χ0) is 13.5. The highest BCUT2D eigenvalue weighted by Gasteiger charge is 2.49. The summed E-state index contributed by atoms with van der Waals surface area (Å²) in [6, 6.07) is 1.41. The number of likely N-dealkylation sites (tertiary alicyclic amines) is 1. The van der Waals surface area contributed by atoms with E-state index in [0.717, 1.165) is 31.9 Å². The Labute approximate surface area is 111 Å². The summed E-state index contributed by atoms with van der Waals surface area (Å²) in [5.41, 5.74) is -0.506. The van der Waals surface area contributed by atoms with Crippen molar-refractivity contribution in [1.82, 2.24) is 9.88 Å². The summed E-state index contributed by atoms with van der Waals surface area (Å²) in [5, 5.41) is 10.2. The van der Waals surface area contributed by atoms with Crippen LogP contribution >= 0.6 is 0 Å². The number of nitrogens with zero attached hydrogens (tertiary/aromatic N) is 2. The van der Waals surface area contributed by atoms with E-state index in [1.54, 1.807) is 4.90 Å². The van der Waals surface area contributed by atoms with E-state index in [0.29, 0.717) is 13.1 Å². The third-order valence-corrected chi connectivity index (χ3v) is 4.23. The minimum absolute atomic E-state index is 0.0680. The lowest BCUT2D eigenvalue weighted by Gasteiger charge is -2.35. The van der Waals surface area contributed by atoms with Gasteiger partial charge in [-0.15, -0.1) is 0 Å². The van der Waals surface area contributed by atoms with Gasteiger partial charge in [0.2, 0.25) is 0 Å². The first-order chi connectivity index (χ1) is 9.10. The first-order valence-corrected chi connectivity index (χ1v) is 6.71. The van der Waals surface area contributed by atoms with E-state index in [1.165, 1.54) is 12.3 Å². The molecular weight excluding hydrogens is 247 g/mol. The van der Waals surface area contributed by atoms with Crippen molar-refractivity contribution in [2.75, 3.05) is 13.1 Å². The van der Waals surface area contributed by atoms with Crippen LogP contribution in [0.2, 0.25) is 0 Å². The molecule has 0 spiro atoms. The van der Waals surface area contributed by atoms with E-state index in [4.69, 9.17) is 0 Å². The van der Waals surface area contributed by atoms with Gasteiger partial charge >= 0.3 is 0 Å². The summed E-state index contributed by atoms with van der Waals surface area (Å²) in [6.07, 6.45) is 5.94. The zero-order valence-electron chi connectivity index (χ0n) is 10.7. The number of aliphatic hydroxyl groups is 1. The van der Waals surface area contributed by atoms with Crippen LogP contribution < -0.4 is 0 Å².